The summed E-state index contributed by atoms with van der Waals surface area (Å²) in [7, 11) is -0.141. The molecule has 5 rings (SSSR count). The number of benzene rings is 2. The van der Waals surface area contributed by atoms with E-state index in [9.17, 15) is 22.0 Å². The van der Waals surface area contributed by atoms with Gasteiger partial charge in [0.2, 0.25) is 10.0 Å². The van der Waals surface area contributed by atoms with Gasteiger partial charge in [0, 0.05) is 30.4 Å². The van der Waals surface area contributed by atoms with E-state index in [2.05, 4.69) is 9.71 Å². The summed E-state index contributed by atoms with van der Waals surface area (Å²) in [6.07, 6.45) is 6.80. The molecule has 1 aromatic heterocycles. The molecular formula is C33H37Cl2F2N3O7S. The van der Waals surface area contributed by atoms with E-state index in [0.717, 1.165) is 25.7 Å². The highest BCUT2D eigenvalue weighted by atomic mass is 35.5. The average Bonchev–Trinajstić information content (AvgIpc) is 3.96. The third kappa shape index (κ3) is 10.3. The first-order valence-electron chi connectivity index (χ1n) is 15.5. The predicted molar refractivity (Wildman–Crippen MR) is 178 cm³/mol. The second-order valence-corrected chi connectivity index (χ2v) is 14.9. The fourth-order valence-electron chi connectivity index (χ4n) is 4.75. The smallest absolute Gasteiger partial charge is 0.387 e. The molecule has 0 unspecified atom stereocenters. The van der Waals surface area contributed by atoms with Crippen LogP contribution in [0.5, 0.6) is 17.2 Å². The summed E-state index contributed by atoms with van der Waals surface area (Å²) in [5.74, 6) is -0.718. The number of carbonyl (C=O) groups is 1. The highest BCUT2D eigenvalue weighted by Crippen LogP contribution is 2.40. The van der Waals surface area contributed by atoms with E-state index in [1.54, 1.807) is 31.1 Å². The zero-order valence-electron chi connectivity index (χ0n) is 26.5. The molecule has 1 atom stereocenters. The van der Waals surface area contributed by atoms with Gasteiger partial charge in [0.1, 0.15) is 12.4 Å². The van der Waals surface area contributed by atoms with E-state index in [1.165, 1.54) is 36.7 Å². The standard InChI is InChI=1S/C33H37Cl2F2N3O7S/c1-40(2)11-12-48(42,43)39-27-9-7-23(14-29(27)44-17-20-3-4-20)32(41)46-19-24(31-25(34)15-38-16-26(31)35)22-8-10-28(47-33(36)37)30(13-22)45-18-21-5-6-21/h7-10,13-16,20-21,24,33,39H,3-6,11-12,17-19H2,1-2H3/t24-/m0/s1. The van der Waals surface area contributed by atoms with Crippen LogP contribution in [-0.2, 0) is 14.8 Å². The Morgan fingerprint density at radius 2 is 1.60 bits per heavy atom. The van der Waals surface area contributed by atoms with Crippen molar-refractivity contribution in [3.63, 3.8) is 0 Å². The summed E-state index contributed by atoms with van der Waals surface area (Å²) < 4.78 is 76.7. The lowest BCUT2D eigenvalue weighted by Crippen LogP contribution is -2.26. The van der Waals surface area contributed by atoms with Crippen molar-refractivity contribution < 1.29 is 40.9 Å². The molecule has 1 N–H and O–H groups in total. The number of halogens is 4. The van der Waals surface area contributed by atoms with Gasteiger partial charge in [0.05, 0.1) is 40.3 Å². The van der Waals surface area contributed by atoms with Gasteiger partial charge in [-0.25, -0.2) is 13.2 Å². The van der Waals surface area contributed by atoms with Crippen molar-refractivity contribution in [2.24, 2.45) is 11.8 Å². The summed E-state index contributed by atoms with van der Waals surface area (Å²) in [6.45, 7) is -2.27. The molecule has 48 heavy (non-hydrogen) atoms. The van der Waals surface area contributed by atoms with Gasteiger partial charge in [-0.15, -0.1) is 0 Å². The molecule has 3 aromatic rings. The lowest BCUT2D eigenvalue weighted by atomic mass is 9.92. The lowest BCUT2D eigenvalue weighted by molar-refractivity contribution is -0.0515. The Bertz CT molecular complexity index is 1690. The van der Waals surface area contributed by atoms with Gasteiger partial charge in [-0.05, 0) is 87.5 Å². The first kappa shape index (κ1) is 35.9. The Kier molecular flexibility index (Phi) is 11.9. The summed E-state index contributed by atoms with van der Waals surface area (Å²) in [4.78, 5) is 19.2. The van der Waals surface area contributed by atoms with Crippen LogP contribution in [0.2, 0.25) is 10.0 Å². The monoisotopic (exact) mass is 727 g/mol. The fourth-order valence-corrected chi connectivity index (χ4v) is 6.59. The molecule has 0 bridgehead atoms. The molecule has 260 valence electrons. The van der Waals surface area contributed by atoms with Crippen molar-refractivity contribution >= 4 is 44.9 Å². The minimum atomic E-state index is -3.70. The Balaban J connectivity index is 1.40. The topological polar surface area (TPSA) is 116 Å². The summed E-state index contributed by atoms with van der Waals surface area (Å²) in [6, 6.07) is 8.81. The Morgan fingerprint density at radius 1 is 0.958 bits per heavy atom. The van der Waals surface area contributed by atoms with Gasteiger partial charge in [-0.1, -0.05) is 29.3 Å². The van der Waals surface area contributed by atoms with Gasteiger partial charge >= 0.3 is 12.6 Å². The van der Waals surface area contributed by atoms with Crippen LogP contribution in [0.25, 0.3) is 0 Å². The van der Waals surface area contributed by atoms with Crippen molar-refractivity contribution in [3.8, 4) is 17.2 Å². The Labute approximate surface area is 288 Å². The lowest BCUT2D eigenvalue weighted by Gasteiger charge is -2.22. The van der Waals surface area contributed by atoms with Gasteiger partial charge in [0.15, 0.2) is 11.5 Å². The van der Waals surface area contributed by atoms with E-state index >= 15 is 0 Å². The van der Waals surface area contributed by atoms with E-state index in [4.69, 9.17) is 42.1 Å². The second-order valence-electron chi connectivity index (χ2n) is 12.2. The van der Waals surface area contributed by atoms with Crippen LogP contribution in [0.4, 0.5) is 14.5 Å². The van der Waals surface area contributed by atoms with Crippen molar-refractivity contribution in [2.45, 2.75) is 38.2 Å². The Morgan fingerprint density at radius 3 is 2.21 bits per heavy atom. The highest BCUT2D eigenvalue weighted by Gasteiger charge is 2.28. The number of nitrogens with zero attached hydrogens (tertiary/aromatic N) is 2. The predicted octanol–water partition coefficient (Wildman–Crippen LogP) is 6.86. The van der Waals surface area contributed by atoms with Gasteiger partial charge in [0.25, 0.3) is 0 Å². The fraction of sp³-hybridized carbons (Fsp3) is 0.455. The molecule has 2 saturated carbocycles. The van der Waals surface area contributed by atoms with Gasteiger partial charge in [-0.2, -0.15) is 8.78 Å². The third-order valence-corrected chi connectivity index (χ3v) is 9.69. The maximum atomic E-state index is 13.5. The number of rotatable bonds is 18. The van der Waals surface area contributed by atoms with Crippen molar-refractivity contribution in [3.05, 3.63) is 75.5 Å². The first-order chi connectivity index (χ1) is 22.9. The molecule has 0 saturated heterocycles. The van der Waals surface area contributed by atoms with Crippen molar-refractivity contribution in [2.75, 3.05) is 50.9 Å². The molecule has 0 radical (unpaired) electrons. The zero-order chi connectivity index (χ0) is 34.4. The molecule has 2 aromatic carbocycles. The second kappa shape index (κ2) is 15.9. The number of alkyl halides is 2. The quantitative estimate of drug-likeness (QED) is 0.140. The Hall–Kier alpha value is -3.39. The van der Waals surface area contributed by atoms with Crippen LogP contribution in [-0.4, -0.2) is 77.1 Å². The molecule has 0 aliphatic heterocycles. The number of ether oxygens (including phenoxy) is 4. The number of anilines is 1. The molecule has 10 nitrogen and oxygen atoms in total. The summed E-state index contributed by atoms with van der Waals surface area (Å²) in [5.41, 5.74) is 1.26. The number of esters is 1. The summed E-state index contributed by atoms with van der Waals surface area (Å²) >= 11 is 13.1. The maximum Gasteiger partial charge on any atom is 0.387 e. The largest absolute Gasteiger partial charge is 0.491 e. The number of pyridine rings is 1. The minimum absolute atomic E-state index is 0.110. The van der Waals surface area contributed by atoms with Gasteiger partial charge in [-0.3, -0.25) is 9.71 Å². The number of sulfonamides is 1. The number of nitrogens with one attached hydrogen (secondary N) is 1. The van der Waals surface area contributed by atoms with Crippen LogP contribution in [0, 0.1) is 11.8 Å². The van der Waals surface area contributed by atoms with Crippen LogP contribution in [0.15, 0.2) is 48.8 Å². The number of hydrogen-bond donors (Lipinski definition) is 1. The van der Waals surface area contributed by atoms with Crippen molar-refractivity contribution in [1.29, 1.82) is 0 Å². The van der Waals surface area contributed by atoms with Crippen LogP contribution < -0.4 is 18.9 Å². The van der Waals surface area contributed by atoms with Crippen LogP contribution >= 0.6 is 23.2 Å². The van der Waals surface area contributed by atoms with E-state index in [-0.39, 0.29) is 50.9 Å². The molecule has 15 heteroatoms. The third-order valence-electron chi connectivity index (χ3n) is 7.84. The molecule has 0 spiro atoms. The average molecular weight is 729 g/mol. The maximum absolute atomic E-state index is 13.5. The molecule has 0 amide bonds. The minimum Gasteiger partial charge on any atom is -0.491 e. The van der Waals surface area contributed by atoms with Crippen molar-refractivity contribution in [1.82, 2.24) is 9.88 Å². The highest BCUT2D eigenvalue weighted by molar-refractivity contribution is 7.92. The zero-order valence-corrected chi connectivity index (χ0v) is 28.8. The molecule has 2 fully saturated rings. The number of carbonyl (C=O) groups excluding carboxylic acids is 1. The van der Waals surface area contributed by atoms with E-state index in [0.29, 0.717) is 42.7 Å². The molecule has 1 heterocycles. The van der Waals surface area contributed by atoms with E-state index < -0.39 is 28.5 Å². The number of aromatic nitrogens is 1. The normalized spacial score (nSPS) is 15.3. The first-order valence-corrected chi connectivity index (χ1v) is 17.9. The molecular weight excluding hydrogens is 691 g/mol. The molecule has 2 aliphatic rings. The van der Waals surface area contributed by atoms with Gasteiger partial charge < -0.3 is 23.8 Å². The summed E-state index contributed by atoms with van der Waals surface area (Å²) in [5, 5.41) is 0.414. The number of hydrogen-bond acceptors (Lipinski definition) is 9. The SMILES string of the molecule is CN(C)CCS(=O)(=O)Nc1ccc(C(=O)OC[C@@H](c2ccc(OC(F)F)c(OCC3CC3)c2)c2c(Cl)cncc2Cl)cc1OCC1CC1. The van der Waals surface area contributed by atoms with Crippen LogP contribution in [0.3, 0.4) is 0 Å². The van der Waals surface area contributed by atoms with Crippen LogP contribution in [0.1, 0.15) is 53.1 Å². The molecule has 2 aliphatic carbocycles. The van der Waals surface area contributed by atoms with E-state index in [1.807, 2.05) is 0 Å².